The third-order valence-corrected chi connectivity index (χ3v) is 4.03. The summed E-state index contributed by atoms with van der Waals surface area (Å²) in [6, 6.07) is 1.76. The van der Waals surface area contributed by atoms with Crippen LogP contribution in [-0.2, 0) is 0 Å². The fourth-order valence-electron chi connectivity index (χ4n) is 2.79. The lowest BCUT2D eigenvalue weighted by atomic mass is 9.95. The first-order valence-electron chi connectivity index (χ1n) is 6.20. The van der Waals surface area contributed by atoms with E-state index in [-0.39, 0.29) is 0 Å². The van der Waals surface area contributed by atoms with E-state index < -0.39 is 0 Å². The molecule has 3 atom stereocenters. The van der Waals surface area contributed by atoms with Crippen LogP contribution < -0.4 is 5.73 Å². The summed E-state index contributed by atoms with van der Waals surface area (Å²) in [7, 11) is 0. The van der Waals surface area contributed by atoms with Crippen LogP contribution in [0.1, 0.15) is 46.0 Å². The van der Waals surface area contributed by atoms with Gasteiger partial charge in [0, 0.05) is 18.1 Å². The van der Waals surface area contributed by atoms with Crippen molar-refractivity contribution in [1.82, 2.24) is 4.90 Å². The Labute approximate surface area is 87.8 Å². The summed E-state index contributed by atoms with van der Waals surface area (Å²) in [5, 5.41) is 0. The predicted octanol–water partition coefficient (Wildman–Crippen LogP) is 1.99. The number of piperidine rings is 1. The van der Waals surface area contributed by atoms with Crippen LogP contribution >= 0.6 is 0 Å². The molecule has 2 N–H and O–H groups in total. The summed E-state index contributed by atoms with van der Waals surface area (Å²) in [6.45, 7) is 5.95. The summed E-state index contributed by atoms with van der Waals surface area (Å²) in [6.07, 6.45) is 6.85. The quantitative estimate of drug-likeness (QED) is 0.748. The van der Waals surface area contributed by atoms with Gasteiger partial charge in [0.1, 0.15) is 0 Å². The first-order valence-corrected chi connectivity index (χ1v) is 6.20. The van der Waals surface area contributed by atoms with Gasteiger partial charge in [0.25, 0.3) is 0 Å². The Balaban J connectivity index is 1.86. The first-order chi connectivity index (χ1) is 6.68. The molecule has 0 aromatic carbocycles. The summed E-state index contributed by atoms with van der Waals surface area (Å²) < 4.78 is 0. The van der Waals surface area contributed by atoms with Crippen LogP contribution in [0.25, 0.3) is 0 Å². The minimum Gasteiger partial charge on any atom is -0.326 e. The molecule has 1 heterocycles. The smallest absolute Gasteiger partial charge is 0.0221 e. The maximum Gasteiger partial charge on any atom is 0.0221 e. The molecule has 1 saturated carbocycles. The first kappa shape index (κ1) is 10.4. The van der Waals surface area contributed by atoms with Crippen molar-refractivity contribution in [2.24, 2.45) is 11.7 Å². The van der Waals surface area contributed by atoms with Crippen molar-refractivity contribution >= 4 is 0 Å². The van der Waals surface area contributed by atoms with Crippen LogP contribution in [0.3, 0.4) is 0 Å². The highest BCUT2D eigenvalue weighted by Gasteiger charge is 2.31. The second kappa shape index (κ2) is 4.19. The highest BCUT2D eigenvalue weighted by atomic mass is 15.2. The lowest BCUT2D eigenvalue weighted by Crippen LogP contribution is -2.53. The van der Waals surface area contributed by atoms with Gasteiger partial charge in [-0.3, -0.25) is 4.90 Å². The van der Waals surface area contributed by atoms with E-state index in [1.54, 1.807) is 0 Å². The fourth-order valence-corrected chi connectivity index (χ4v) is 2.79. The van der Waals surface area contributed by atoms with E-state index in [4.69, 9.17) is 5.73 Å². The Bertz CT molecular complexity index is 189. The van der Waals surface area contributed by atoms with E-state index in [1.807, 2.05) is 0 Å². The average molecular weight is 196 g/mol. The summed E-state index contributed by atoms with van der Waals surface area (Å²) in [5.41, 5.74) is 6.11. The number of hydrogen-bond donors (Lipinski definition) is 1. The van der Waals surface area contributed by atoms with Crippen molar-refractivity contribution in [3.05, 3.63) is 0 Å². The molecule has 2 rings (SSSR count). The van der Waals surface area contributed by atoms with Crippen LogP contribution in [0.5, 0.6) is 0 Å². The van der Waals surface area contributed by atoms with Crippen molar-refractivity contribution < 1.29 is 0 Å². The van der Waals surface area contributed by atoms with E-state index >= 15 is 0 Å². The standard InChI is InChI=1S/C12H24N2/c1-9(8-11-5-6-11)14-7-3-4-12(13)10(14)2/h9-12H,3-8,13H2,1-2H3. The monoisotopic (exact) mass is 196 g/mol. The molecule has 1 aliphatic carbocycles. The number of rotatable bonds is 3. The topological polar surface area (TPSA) is 29.3 Å². The molecule has 82 valence electrons. The molecule has 0 bridgehead atoms. The zero-order valence-corrected chi connectivity index (χ0v) is 9.58. The van der Waals surface area contributed by atoms with Crippen LogP contribution in [0.15, 0.2) is 0 Å². The van der Waals surface area contributed by atoms with Gasteiger partial charge in [0.05, 0.1) is 0 Å². The Morgan fingerprint density at radius 3 is 2.71 bits per heavy atom. The summed E-state index contributed by atoms with van der Waals surface area (Å²) in [5.74, 6) is 1.04. The molecule has 0 radical (unpaired) electrons. The molecule has 0 aromatic heterocycles. The minimum atomic E-state index is 0.408. The normalized spacial score (nSPS) is 37.1. The van der Waals surface area contributed by atoms with E-state index in [1.165, 1.54) is 38.6 Å². The molecule has 0 aromatic rings. The maximum absolute atomic E-state index is 6.11. The molecule has 1 saturated heterocycles. The molecule has 2 nitrogen and oxygen atoms in total. The van der Waals surface area contributed by atoms with Gasteiger partial charge in [-0.05, 0) is 45.6 Å². The molecule has 3 unspecified atom stereocenters. The molecule has 0 amide bonds. The van der Waals surface area contributed by atoms with Gasteiger partial charge in [0.15, 0.2) is 0 Å². The highest BCUT2D eigenvalue weighted by molar-refractivity contribution is 4.88. The van der Waals surface area contributed by atoms with Crippen molar-refractivity contribution in [3.8, 4) is 0 Å². The largest absolute Gasteiger partial charge is 0.326 e. The third-order valence-electron chi connectivity index (χ3n) is 4.03. The summed E-state index contributed by atoms with van der Waals surface area (Å²) >= 11 is 0. The van der Waals surface area contributed by atoms with E-state index in [0.717, 1.165) is 12.0 Å². The van der Waals surface area contributed by atoms with Gasteiger partial charge < -0.3 is 5.73 Å². The van der Waals surface area contributed by atoms with Crippen molar-refractivity contribution in [3.63, 3.8) is 0 Å². The lowest BCUT2D eigenvalue weighted by molar-refractivity contribution is 0.0908. The Hall–Kier alpha value is -0.0800. The Morgan fingerprint density at radius 2 is 2.07 bits per heavy atom. The number of nitrogens with zero attached hydrogens (tertiary/aromatic N) is 1. The van der Waals surface area contributed by atoms with Crippen molar-refractivity contribution in [2.45, 2.75) is 64.1 Å². The van der Waals surface area contributed by atoms with Crippen LogP contribution in [0, 0.1) is 5.92 Å². The molecule has 14 heavy (non-hydrogen) atoms. The van der Waals surface area contributed by atoms with Crippen molar-refractivity contribution in [1.29, 1.82) is 0 Å². The lowest BCUT2D eigenvalue weighted by Gasteiger charge is -2.41. The maximum atomic E-state index is 6.11. The van der Waals surface area contributed by atoms with Crippen molar-refractivity contribution in [2.75, 3.05) is 6.54 Å². The van der Waals surface area contributed by atoms with Crippen LogP contribution in [-0.4, -0.2) is 29.6 Å². The van der Waals surface area contributed by atoms with E-state index in [2.05, 4.69) is 18.7 Å². The molecule has 2 heteroatoms. The summed E-state index contributed by atoms with van der Waals surface area (Å²) in [4.78, 5) is 2.63. The van der Waals surface area contributed by atoms with Gasteiger partial charge in [-0.25, -0.2) is 0 Å². The second-order valence-corrected chi connectivity index (χ2v) is 5.31. The molecule has 1 aliphatic heterocycles. The SMILES string of the molecule is CC(CC1CC1)N1CCCC(N)C1C. The number of nitrogens with two attached hydrogens (primary N) is 1. The molecule has 2 fully saturated rings. The Morgan fingerprint density at radius 1 is 1.36 bits per heavy atom. The minimum absolute atomic E-state index is 0.408. The molecule has 2 aliphatic rings. The molecular weight excluding hydrogens is 172 g/mol. The van der Waals surface area contributed by atoms with Gasteiger partial charge in [-0.15, -0.1) is 0 Å². The van der Waals surface area contributed by atoms with Crippen LogP contribution in [0.2, 0.25) is 0 Å². The molecule has 0 spiro atoms. The van der Waals surface area contributed by atoms with E-state index in [9.17, 15) is 0 Å². The third kappa shape index (κ3) is 2.29. The Kier molecular flexibility index (Phi) is 3.13. The van der Waals surface area contributed by atoms with Gasteiger partial charge in [-0.2, -0.15) is 0 Å². The average Bonchev–Trinajstić information content (AvgIpc) is 2.93. The van der Waals surface area contributed by atoms with Gasteiger partial charge in [0.2, 0.25) is 0 Å². The zero-order chi connectivity index (χ0) is 10.1. The van der Waals surface area contributed by atoms with Crippen LogP contribution in [0.4, 0.5) is 0 Å². The highest BCUT2D eigenvalue weighted by Crippen LogP contribution is 2.35. The second-order valence-electron chi connectivity index (χ2n) is 5.31. The van der Waals surface area contributed by atoms with Gasteiger partial charge >= 0.3 is 0 Å². The number of hydrogen-bond acceptors (Lipinski definition) is 2. The van der Waals surface area contributed by atoms with Gasteiger partial charge in [-0.1, -0.05) is 12.8 Å². The zero-order valence-electron chi connectivity index (χ0n) is 9.58. The number of likely N-dealkylation sites (tertiary alicyclic amines) is 1. The molecular formula is C12H24N2. The van der Waals surface area contributed by atoms with E-state index in [0.29, 0.717) is 12.1 Å². The fraction of sp³-hybridized carbons (Fsp3) is 1.00. The predicted molar refractivity (Wildman–Crippen MR) is 60.2 cm³/mol.